The van der Waals surface area contributed by atoms with E-state index < -0.39 is 0 Å². The van der Waals surface area contributed by atoms with Gasteiger partial charge in [0.05, 0.1) is 7.11 Å². The van der Waals surface area contributed by atoms with E-state index in [0.717, 1.165) is 29.5 Å². The largest absolute Gasteiger partial charge is 0.497 e. The van der Waals surface area contributed by atoms with Gasteiger partial charge in [-0.1, -0.05) is 12.1 Å². The molecule has 1 aliphatic rings. The molecule has 96 valence electrons. The highest BCUT2D eigenvalue weighted by Gasteiger charge is 2.27. The zero-order valence-electron chi connectivity index (χ0n) is 9.96. The van der Waals surface area contributed by atoms with E-state index in [1.54, 1.807) is 12.0 Å². The summed E-state index contributed by atoms with van der Waals surface area (Å²) in [5, 5.41) is 2.48. The monoisotopic (exact) mass is 266 g/mol. The first kappa shape index (κ1) is 12.8. The van der Waals surface area contributed by atoms with Gasteiger partial charge in [0.25, 0.3) is 5.24 Å². The van der Waals surface area contributed by atoms with Crippen molar-refractivity contribution in [1.82, 2.24) is 10.2 Å². The summed E-state index contributed by atoms with van der Waals surface area (Å²) in [5.41, 5.74) is 1.00. The number of rotatable bonds is 5. The van der Waals surface area contributed by atoms with E-state index in [2.05, 4.69) is 5.32 Å². The number of amides is 2. The number of nitrogens with zero attached hydrogens (tertiary/aromatic N) is 1. The highest BCUT2D eigenvalue weighted by Crippen LogP contribution is 2.22. The molecule has 0 bridgehead atoms. The van der Waals surface area contributed by atoms with Gasteiger partial charge in [-0.3, -0.25) is 9.59 Å². The van der Waals surface area contributed by atoms with Crippen LogP contribution in [0, 0.1) is 0 Å². The summed E-state index contributed by atoms with van der Waals surface area (Å²) in [6.07, 6.45) is 0.780. The lowest BCUT2D eigenvalue weighted by molar-refractivity contribution is -0.119. The molecule has 2 amide bonds. The van der Waals surface area contributed by atoms with Crippen molar-refractivity contribution in [3.05, 3.63) is 29.8 Å². The van der Waals surface area contributed by atoms with Gasteiger partial charge in [-0.25, -0.2) is 0 Å². The van der Waals surface area contributed by atoms with Gasteiger partial charge >= 0.3 is 0 Å². The fourth-order valence-electron chi connectivity index (χ4n) is 1.71. The zero-order chi connectivity index (χ0) is 13.0. The fraction of sp³-hybridized carbons (Fsp3) is 0.333. The van der Waals surface area contributed by atoms with Gasteiger partial charge in [0.15, 0.2) is 0 Å². The summed E-state index contributed by atoms with van der Waals surface area (Å²) in [6, 6.07) is 7.52. The average molecular weight is 266 g/mol. The third kappa shape index (κ3) is 2.95. The second kappa shape index (κ2) is 5.77. The summed E-state index contributed by atoms with van der Waals surface area (Å²) in [5.74, 6) is 0.781. The van der Waals surface area contributed by atoms with E-state index in [-0.39, 0.29) is 10.6 Å². The van der Waals surface area contributed by atoms with E-state index in [4.69, 9.17) is 4.74 Å². The molecule has 0 aliphatic carbocycles. The van der Waals surface area contributed by atoms with Crippen molar-refractivity contribution in [2.45, 2.75) is 11.9 Å². The predicted molar refractivity (Wildman–Crippen MR) is 69.4 cm³/mol. The first-order chi connectivity index (χ1) is 8.72. The molecule has 1 aromatic carbocycles. The molecule has 1 saturated heterocycles. The van der Waals surface area contributed by atoms with Crippen LogP contribution in [-0.4, -0.2) is 35.6 Å². The Hall–Kier alpha value is -1.69. The van der Waals surface area contributed by atoms with Gasteiger partial charge in [0.2, 0.25) is 6.41 Å². The maximum Gasteiger partial charge on any atom is 0.281 e. The maximum absolute atomic E-state index is 11.1. The van der Waals surface area contributed by atoms with Crippen LogP contribution in [0.3, 0.4) is 0 Å². The summed E-state index contributed by atoms with van der Waals surface area (Å²) in [6.45, 7) is 0.985. The number of ether oxygens (including phenoxy) is 1. The minimum absolute atomic E-state index is 0.0819. The van der Waals surface area contributed by atoms with Crippen LogP contribution in [0.2, 0.25) is 0 Å². The molecule has 1 atom stereocenters. The predicted octanol–water partition coefficient (Wildman–Crippen LogP) is 1.44. The van der Waals surface area contributed by atoms with Gasteiger partial charge in [-0.15, -0.1) is 0 Å². The standard InChI is InChI=1S/C12H14N2O3S/c1-17-10-4-2-9(3-5-10)7-14(8-15)11-6-13-12(16)18-11/h2-5,8,11H,6-7H2,1H3,(H,13,16). The van der Waals surface area contributed by atoms with E-state index in [1.165, 1.54) is 0 Å². The Morgan fingerprint density at radius 3 is 2.72 bits per heavy atom. The molecule has 1 heterocycles. The molecule has 6 heteroatoms. The topological polar surface area (TPSA) is 58.6 Å². The Kier molecular flexibility index (Phi) is 4.09. The summed E-state index contributed by atoms with van der Waals surface area (Å²) >= 11 is 1.15. The Bertz CT molecular complexity index is 435. The third-order valence-corrected chi connectivity index (χ3v) is 3.76. The van der Waals surface area contributed by atoms with E-state index in [0.29, 0.717) is 13.1 Å². The molecule has 0 radical (unpaired) electrons. The minimum Gasteiger partial charge on any atom is -0.497 e. The molecule has 5 nitrogen and oxygen atoms in total. The number of carbonyl (C=O) groups is 2. The van der Waals surface area contributed by atoms with Crippen LogP contribution in [0.5, 0.6) is 5.75 Å². The molecule has 1 aromatic rings. The Balaban J connectivity index is 2.00. The van der Waals surface area contributed by atoms with Crippen LogP contribution in [0.15, 0.2) is 24.3 Å². The molecule has 0 saturated carbocycles. The smallest absolute Gasteiger partial charge is 0.281 e. The van der Waals surface area contributed by atoms with Crippen molar-refractivity contribution in [2.75, 3.05) is 13.7 Å². The van der Waals surface area contributed by atoms with Gasteiger partial charge in [-0.05, 0) is 29.5 Å². The lowest BCUT2D eigenvalue weighted by atomic mass is 10.2. The Morgan fingerprint density at radius 2 is 2.22 bits per heavy atom. The normalized spacial score (nSPS) is 18.3. The third-order valence-electron chi connectivity index (χ3n) is 2.69. The molecule has 1 N–H and O–H groups in total. The first-order valence-corrected chi connectivity index (χ1v) is 6.39. The fourth-order valence-corrected chi connectivity index (χ4v) is 2.55. The van der Waals surface area contributed by atoms with E-state index in [1.807, 2.05) is 24.3 Å². The van der Waals surface area contributed by atoms with Gasteiger partial charge in [0, 0.05) is 13.1 Å². The zero-order valence-corrected chi connectivity index (χ0v) is 10.8. The van der Waals surface area contributed by atoms with Crippen molar-refractivity contribution in [2.24, 2.45) is 0 Å². The average Bonchev–Trinajstić information content (AvgIpc) is 2.83. The SMILES string of the molecule is COc1ccc(CN(C=O)C2CNC(=O)S2)cc1. The Morgan fingerprint density at radius 1 is 1.50 bits per heavy atom. The number of thioether (sulfide) groups is 1. The molecule has 1 unspecified atom stereocenters. The van der Waals surface area contributed by atoms with Crippen molar-refractivity contribution in [3.8, 4) is 5.75 Å². The summed E-state index contributed by atoms with van der Waals surface area (Å²) in [4.78, 5) is 23.8. The summed E-state index contributed by atoms with van der Waals surface area (Å²) in [7, 11) is 1.61. The van der Waals surface area contributed by atoms with Crippen molar-refractivity contribution < 1.29 is 14.3 Å². The molecule has 0 aromatic heterocycles. The van der Waals surface area contributed by atoms with Crippen molar-refractivity contribution >= 4 is 23.4 Å². The van der Waals surface area contributed by atoms with Crippen LogP contribution >= 0.6 is 11.8 Å². The van der Waals surface area contributed by atoms with Crippen LogP contribution in [-0.2, 0) is 11.3 Å². The minimum atomic E-state index is -0.128. The van der Waals surface area contributed by atoms with Crippen LogP contribution in [0.1, 0.15) is 5.56 Å². The number of benzene rings is 1. The van der Waals surface area contributed by atoms with Gasteiger partial charge < -0.3 is 15.0 Å². The van der Waals surface area contributed by atoms with Crippen LogP contribution in [0.4, 0.5) is 4.79 Å². The van der Waals surface area contributed by atoms with Gasteiger partial charge in [0.1, 0.15) is 11.1 Å². The number of hydrogen-bond acceptors (Lipinski definition) is 4. The number of carbonyl (C=O) groups excluding carboxylic acids is 2. The molecule has 1 aliphatic heterocycles. The van der Waals surface area contributed by atoms with Crippen molar-refractivity contribution in [1.29, 1.82) is 0 Å². The first-order valence-electron chi connectivity index (χ1n) is 5.51. The number of methoxy groups -OCH3 is 1. The second-order valence-electron chi connectivity index (χ2n) is 3.87. The lowest BCUT2D eigenvalue weighted by Gasteiger charge is -2.22. The Labute approximate surface area is 109 Å². The maximum atomic E-state index is 11.1. The van der Waals surface area contributed by atoms with E-state index >= 15 is 0 Å². The quantitative estimate of drug-likeness (QED) is 0.819. The molecule has 18 heavy (non-hydrogen) atoms. The highest BCUT2D eigenvalue weighted by molar-refractivity contribution is 8.14. The van der Waals surface area contributed by atoms with Crippen LogP contribution < -0.4 is 10.1 Å². The van der Waals surface area contributed by atoms with Crippen LogP contribution in [0.25, 0.3) is 0 Å². The molecule has 0 spiro atoms. The number of nitrogens with one attached hydrogen (secondary N) is 1. The van der Waals surface area contributed by atoms with Gasteiger partial charge in [-0.2, -0.15) is 0 Å². The second-order valence-corrected chi connectivity index (χ2v) is 5.02. The highest BCUT2D eigenvalue weighted by atomic mass is 32.2. The molecule has 1 fully saturated rings. The molecule has 2 rings (SSSR count). The van der Waals surface area contributed by atoms with E-state index in [9.17, 15) is 9.59 Å². The van der Waals surface area contributed by atoms with Crippen molar-refractivity contribution in [3.63, 3.8) is 0 Å². The number of hydrogen-bond donors (Lipinski definition) is 1. The molecular weight excluding hydrogens is 252 g/mol. The molecular formula is C12H14N2O3S. The lowest BCUT2D eigenvalue weighted by Crippen LogP contribution is -2.33. The summed E-state index contributed by atoms with van der Waals surface area (Å²) < 4.78 is 5.07.